The van der Waals surface area contributed by atoms with Gasteiger partial charge >= 0.3 is 6.09 Å². The Hall–Kier alpha value is -1.77. The molecule has 2 saturated heterocycles. The minimum Gasteiger partial charge on any atom is -0.444 e. The molecule has 3 heterocycles. The Morgan fingerprint density at radius 3 is 2.35 bits per heavy atom. The second kappa shape index (κ2) is 7.98. The number of aromatic nitrogens is 2. The summed E-state index contributed by atoms with van der Waals surface area (Å²) in [5.74, 6) is 1.11. The Bertz CT molecular complexity index is 863. The molecule has 1 aliphatic carbocycles. The number of piperazine rings is 1. The maximum atomic E-state index is 12.3. The molecule has 1 aromatic rings. The van der Waals surface area contributed by atoms with Gasteiger partial charge in [0, 0.05) is 51.6 Å². The number of amides is 2. The van der Waals surface area contributed by atoms with Crippen molar-refractivity contribution >= 4 is 33.7 Å². The van der Waals surface area contributed by atoms with Crippen molar-refractivity contribution in [2.24, 2.45) is 5.41 Å². The third-order valence-corrected chi connectivity index (χ3v) is 7.74. The van der Waals surface area contributed by atoms with E-state index in [1.54, 1.807) is 6.92 Å². The average molecular weight is 496 g/mol. The second-order valence-corrected chi connectivity index (χ2v) is 11.2. The first-order valence-electron chi connectivity index (χ1n) is 11.2. The highest BCUT2D eigenvalue weighted by Gasteiger charge is 2.51. The summed E-state index contributed by atoms with van der Waals surface area (Å²) in [6, 6.07) is 0.351. The fourth-order valence-corrected chi connectivity index (χ4v) is 5.68. The van der Waals surface area contributed by atoms with E-state index in [-0.39, 0.29) is 17.4 Å². The zero-order valence-corrected chi connectivity index (χ0v) is 20.9. The molecule has 1 unspecified atom stereocenters. The molecule has 0 bridgehead atoms. The van der Waals surface area contributed by atoms with Gasteiger partial charge in [-0.05, 0) is 62.9 Å². The average Bonchev–Trinajstić information content (AvgIpc) is 3.22. The van der Waals surface area contributed by atoms with Crippen LogP contribution in [0.3, 0.4) is 0 Å². The minimum absolute atomic E-state index is 0.137. The third-order valence-electron chi connectivity index (χ3n) is 6.81. The van der Waals surface area contributed by atoms with E-state index in [1.807, 2.05) is 30.6 Å². The van der Waals surface area contributed by atoms with Crippen molar-refractivity contribution in [3.8, 4) is 0 Å². The van der Waals surface area contributed by atoms with Crippen molar-refractivity contribution < 1.29 is 14.3 Å². The zero-order chi connectivity index (χ0) is 22.6. The number of nitrogens with zero attached hydrogens (tertiary/aromatic N) is 5. The monoisotopic (exact) mass is 495 g/mol. The van der Waals surface area contributed by atoms with Gasteiger partial charge in [0.15, 0.2) is 5.82 Å². The summed E-state index contributed by atoms with van der Waals surface area (Å²) < 4.78 is 8.75. The van der Waals surface area contributed by atoms with Gasteiger partial charge < -0.3 is 19.4 Å². The second-order valence-electron chi connectivity index (χ2n) is 10.4. The predicted octanol–water partition coefficient (Wildman–Crippen LogP) is 3.58. The fraction of sp³-hybridized carbons (Fsp3) is 0.773. The maximum absolute atomic E-state index is 12.3. The number of halogens is 1. The van der Waals surface area contributed by atoms with Gasteiger partial charge in [-0.2, -0.15) is 5.10 Å². The van der Waals surface area contributed by atoms with Crippen LogP contribution in [0.15, 0.2) is 4.47 Å². The molecule has 0 N–H and O–H groups in total. The van der Waals surface area contributed by atoms with Crippen LogP contribution in [0.4, 0.5) is 10.6 Å². The summed E-state index contributed by atoms with van der Waals surface area (Å²) in [6.07, 6.45) is 3.03. The van der Waals surface area contributed by atoms with E-state index in [4.69, 9.17) is 9.84 Å². The topological polar surface area (TPSA) is 70.9 Å². The summed E-state index contributed by atoms with van der Waals surface area (Å²) in [6.45, 7) is 14.1. The van der Waals surface area contributed by atoms with Gasteiger partial charge in [0.2, 0.25) is 5.91 Å². The van der Waals surface area contributed by atoms with Crippen LogP contribution in [0.5, 0.6) is 0 Å². The van der Waals surface area contributed by atoms with Crippen molar-refractivity contribution in [3.05, 3.63) is 10.2 Å². The van der Waals surface area contributed by atoms with Crippen molar-refractivity contribution in [2.75, 3.05) is 44.2 Å². The molecule has 9 heteroatoms. The molecule has 2 aliphatic heterocycles. The van der Waals surface area contributed by atoms with Gasteiger partial charge in [0.25, 0.3) is 0 Å². The summed E-state index contributed by atoms with van der Waals surface area (Å²) in [5, 5.41) is 5.00. The summed E-state index contributed by atoms with van der Waals surface area (Å²) >= 11 is 3.77. The van der Waals surface area contributed by atoms with E-state index in [1.165, 1.54) is 0 Å². The molecular formula is C22H34BrN5O3. The van der Waals surface area contributed by atoms with E-state index in [2.05, 4.69) is 32.4 Å². The largest absolute Gasteiger partial charge is 0.444 e. The highest BCUT2D eigenvalue weighted by molar-refractivity contribution is 9.10. The van der Waals surface area contributed by atoms with E-state index < -0.39 is 5.60 Å². The molecule has 8 nitrogen and oxygen atoms in total. The van der Waals surface area contributed by atoms with Gasteiger partial charge in [-0.15, -0.1) is 0 Å². The molecule has 0 radical (unpaired) electrons. The summed E-state index contributed by atoms with van der Waals surface area (Å²) in [5.41, 5.74) is 0.886. The van der Waals surface area contributed by atoms with E-state index in [9.17, 15) is 9.59 Å². The highest BCUT2D eigenvalue weighted by atomic mass is 79.9. The molecule has 0 aromatic carbocycles. The first-order chi connectivity index (χ1) is 14.5. The van der Waals surface area contributed by atoms with Crippen LogP contribution in [0.1, 0.15) is 58.7 Å². The van der Waals surface area contributed by atoms with Crippen LogP contribution in [0, 0.1) is 12.3 Å². The molecule has 1 aromatic heterocycles. The minimum atomic E-state index is -0.456. The summed E-state index contributed by atoms with van der Waals surface area (Å²) in [4.78, 5) is 29.9. The van der Waals surface area contributed by atoms with E-state index in [0.717, 1.165) is 74.5 Å². The molecular weight excluding hydrogens is 462 g/mol. The van der Waals surface area contributed by atoms with Gasteiger partial charge in [-0.1, -0.05) is 0 Å². The van der Waals surface area contributed by atoms with E-state index in [0.29, 0.717) is 6.04 Å². The number of hydrogen-bond donors (Lipinski definition) is 0. The molecule has 2 amide bonds. The first-order valence-corrected chi connectivity index (χ1v) is 12.0. The van der Waals surface area contributed by atoms with Crippen LogP contribution in [-0.4, -0.2) is 76.5 Å². The van der Waals surface area contributed by atoms with Crippen molar-refractivity contribution in [3.63, 3.8) is 0 Å². The van der Waals surface area contributed by atoms with Gasteiger partial charge in [0.05, 0.1) is 16.2 Å². The molecule has 31 heavy (non-hydrogen) atoms. The lowest BCUT2D eigenvalue weighted by Crippen LogP contribution is -2.58. The third kappa shape index (κ3) is 4.43. The van der Waals surface area contributed by atoms with Crippen molar-refractivity contribution in [1.29, 1.82) is 0 Å². The van der Waals surface area contributed by atoms with Gasteiger partial charge in [-0.25, -0.2) is 4.79 Å². The SMILES string of the molecule is CC(=O)N1CCN(c2nn(C3CCC4(C3)CN(C(=O)OC(C)(C)C)C4)c(C)c2Br)CC1. The normalized spacial score (nSPS) is 23.3. The lowest BCUT2D eigenvalue weighted by Gasteiger charge is -2.48. The molecule has 1 atom stereocenters. The smallest absolute Gasteiger partial charge is 0.410 e. The molecule has 3 aliphatic rings. The number of rotatable bonds is 2. The van der Waals surface area contributed by atoms with Crippen LogP contribution in [0.2, 0.25) is 0 Å². The Balaban J connectivity index is 1.39. The van der Waals surface area contributed by atoms with Crippen LogP contribution in [0.25, 0.3) is 0 Å². The standard InChI is InChI=1S/C22H34BrN5O3/c1-15-18(23)19(26-10-8-25(9-11-26)16(2)29)24-28(15)17-6-7-22(12-17)13-27(14-22)20(30)31-21(3,4)5/h17H,6-14H2,1-5H3. The Morgan fingerprint density at radius 2 is 1.77 bits per heavy atom. The molecule has 1 saturated carbocycles. The predicted molar refractivity (Wildman–Crippen MR) is 122 cm³/mol. The molecule has 4 rings (SSSR count). The molecule has 1 spiro atoms. The number of carbonyl (C=O) groups is 2. The van der Waals surface area contributed by atoms with Crippen LogP contribution < -0.4 is 4.90 Å². The molecule has 3 fully saturated rings. The number of likely N-dealkylation sites (tertiary alicyclic amines) is 1. The number of hydrogen-bond acceptors (Lipinski definition) is 5. The quantitative estimate of drug-likeness (QED) is 0.626. The maximum Gasteiger partial charge on any atom is 0.410 e. The lowest BCUT2D eigenvalue weighted by atomic mass is 9.78. The van der Waals surface area contributed by atoms with Crippen molar-refractivity contribution in [1.82, 2.24) is 19.6 Å². The number of ether oxygens (including phenoxy) is 1. The fourth-order valence-electron chi connectivity index (χ4n) is 5.17. The summed E-state index contributed by atoms with van der Waals surface area (Å²) in [7, 11) is 0. The number of anilines is 1. The Morgan fingerprint density at radius 1 is 1.13 bits per heavy atom. The lowest BCUT2D eigenvalue weighted by molar-refractivity contribution is -0.129. The first kappa shape index (κ1) is 22.4. The van der Waals surface area contributed by atoms with Gasteiger partial charge in [-0.3, -0.25) is 9.48 Å². The number of carbonyl (C=O) groups excluding carboxylic acids is 2. The van der Waals surface area contributed by atoms with Crippen molar-refractivity contribution in [2.45, 2.75) is 65.5 Å². The van der Waals surface area contributed by atoms with Crippen LogP contribution >= 0.6 is 15.9 Å². The van der Waals surface area contributed by atoms with E-state index >= 15 is 0 Å². The zero-order valence-electron chi connectivity index (χ0n) is 19.3. The molecule has 172 valence electrons. The Kier molecular flexibility index (Phi) is 5.77. The Labute approximate surface area is 193 Å². The highest BCUT2D eigenvalue weighted by Crippen LogP contribution is 2.51. The van der Waals surface area contributed by atoms with Gasteiger partial charge in [0.1, 0.15) is 5.60 Å². The van der Waals surface area contributed by atoms with Crippen LogP contribution in [-0.2, 0) is 9.53 Å².